The zero-order valence-corrected chi connectivity index (χ0v) is 8.22. The molecule has 1 aromatic rings. The van der Waals surface area contributed by atoms with Crippen molar-refractivity contribution in [1.29, 1.82) is 0 Å². The summed E-state index contributed by atoms with van der Waals surface area (Å²) in [5.74, 6) is -1.04. The summed E-state index contributed by atoms with van der Waals surface area (Å²) in [6.45, 7) is 3.78. The average molecular weight is 200 g/mol. The second kappa shape index (κ2) is 3.75. The summed E-state index contributed by atoms with van der Waals surface area (Å²) in [5, 5.41) is 8.79. The van der Waals surface area contributed by atoms with Crippen LogP contribution in [0.15, 0.2) is 6.07 Å². The van der Waals surface area contributed by atoms with Gasteiger partial charge >= 0.3 is 5.97 Å². The first-order valence-electron chi connectivity index (χ1n) is 3.95. The third-order valence-corrected chi connectivity index (χ3v) is 2.12. The zero-order valence-electron chi connectivity index (χ0n) is 7.47. The van der Waals surface area contributed by atoms with E-state index in [1.807, 2.05) is 13.8 Å². The van der Waals surface area contributed by atoms with Gasteiger partial charge in [-0.25, -0.2) is 9.78 Å². The molecular formula is C9H10ClNO2. The molecule has 0 aliphatic carbocycles. The van der Waals surface area contributed by atoms with E-state index >= 15 is 0 Å². The molecule has 13 heavy (non-hydrogen) atoms. The van der Waals surface area contributed by atoms with Crippen LogP contribution < -0.4 is 0 Å². The van der Waals surface area contributed by atoms with Gasteiger partial charge in [-0.1, -0.05) is 18.5 Å². The molecule has 4 heteroatoms. The largest absolute Gasteiger partial charge is 0.478 e. The number of aromatic nitrogens is 1. The van der Waals surface area contributed by atoms with Crippen LogP contribution in [0.2, 0.25) is 5.15 Å². The van der Waals surface area contributed by atoms with E-state index in [1.165, 1.54) is 0 Å². The van der Waals surface area contributed by atoms with Gasteiger partial charge in [-0.05, 0) is 25.0 Å². The third-order valence-electron chi connectivity index (χ3n) is 1.84. The Morgan fingerprint density at radius 2 is 2.31 bits per heavy atom. The first-order chi connectivity index (χ1) is 6.06. The Hall–Kier alpha value is -1.09. The second-order valence-corrected chi connectivity index (χ2v) is 3.11. The lowest BCUT2D eigenvalue weighted by molar-refractivity contribution is 0.0696. The van der Waals surface area contributed by atoms with Crippen molar-refractivity contribution in [2.75, 3.05) is 0 Å². The number of halogens is 1. The van der Waals surface area contributed by atoms with E-state index in [1.54, 1.807) is 6.07 Å². The van der Waals surface area contributed by atoms with Gasteiger partial charge in [-0.2, -0.15) is 0 Å². The van der Waals surface area contributed by atoms with Crippen molar-refractivity contribution >= 4 is 17.6 Å². The van der Waals surface area contributed by atoms with Crippen LogP contribution in [0.25, 0.3) is 0 Å². The number of carbonyl (C=O) groups is 1. The molecule has 0 aromatic carbocycles. The Balaban J connectivity index is 3.28. The summed E-state index contributed by atoms with van der Waals surface area (Å²) >= 11 is 5.68. The Morgan fingerprint density at radius 1 is 1.69 bits per heavy atom. The molecule has 0 saturated heterocycles. The summed E-state index contributed by atoms with van der Waals surface area (Å²) in [4.78, 5) is 14.6. The van der Waals surface area contributed by atoms with Gasteiger partial charge in [0, 0.05) is 5.69 Å². The lowest BCUT2D eigenvalue weighted by atomic mass is 10.1. The van der Waals surface area contributed by atoms with Crippen molar-refractivity contribution in [3.63, 3.8) is 0 Å². The molecule has 1 heterocycles. The highest BCUT2D eigenvalue weighted by Crippen LogP contribution is 2.17. The predicted octanol–water partition coefficient (Wildman–Crippen LogP) is 2.30. The first kappa shape index (κ1) is 9.99. The quantitative estimate of drug-likeness (QED) is 0.744. The maximum atomic E-state index is 10.6. The molecule has 0 spiro atoms. The Kier molecular flexibility index (Phi) is 2.88. The fourth-order valence-electron chi connectivity index (χ4n) is 1.13. The molecule has 70 valence electrons. The minimum atomic E-state index is -1.04. The summed E-state index contributed by atoms with van der Waals surface area (Å²) in [6, 6.07) is 1.55. The fourth-order valence-corrected chi connectivity index (χ4v) is 1.37. The van der Waals surface area contributed by atoms with Crippen molar-refractivity contribution < 1.29 is 9.90 Å². The maximum Gasteiger partial charge on any atom is 0.338 e. The standard InChI is InChI=1S/C9H10ClNO2/c1-3-7-5(2)4-6(9(12)13)8(10)11-7/h4H,3H2,1-2H3,(H,12,13). The number of aromatic carboxylic acids is 1. The molecule has 0 amide bonds. The van der Waals surface area contributed by atoms with E-state index in [0.29, 0.717) is 0 Å². The van der Waals surface area contributed by atoms with E-state index in [0.717, 1.165) is 17.7 Å². The molecular weight excluding hydrogens is 190 g/mol. The lowest BCUT2D eigenvalue weighted by Gasteiger charge is -2.04. The van der Waals surface area contributed by atoms with E-state index in [-0.39, 0.29) is 10.7 Å². The first-order valence-corrected chi connectivity index (χ1v) is 4.33. The van der Waals surface area contributed by atoms with Crippen LogP contribution in [0, 0.1) is 6.92 Å². The van der Waals surface area contributed by atoms with Crippen molar-refractivity contribution in [1.82, 2.24) is 4.98 Å². The number of aryl methyl sites for hydroxylation is 2. The SMILES string of the molecule is CCc1nc(Cl)c(C(=O)O)cc1C. The molecule has 1 N–H and O–H groups in total. The van der Waals surface area contributed by atoms with Gasteiger partial charge in [0.2, 0.25) is 0 Å². The van der Waals surface area contributed by atoms with Crippen LogP contribution in [0.5, 0.6) is 0 Å². The van der Waals surface area contributed by atoms with Crippen molar-refractivity contribution in [3.05, 3.63) is 28.0 Å². The normalized spacial score (nSPS) is 10.1. The van der Waals surface area contributed by atoms with E-state index in [4.69, 9.17) is 16.7 Å². The van der Waals surface area contributed by atoms with Crippen molar-refractivity contribution in [3.8, 4) is 0 Å². The van der Waals surface area contributed by atoms with Gasteiger partial charge in [-0.3, -0.25) is 0 Å². The fraction of sp³-hybridized carbons (Fsp3) is 0.333. The predicted molar refractivity (Wildman–Crippen MR) is 50.3 cm³/mol. The van der Waals surface area contributed by atoms with Crippen LogP contribution in [0.3, 0.4) is 0 Å². The van der Waals surface area contributed by atoms with Crippen LogP contribution >= 0.6 is 11.6 Å². The Bertz CT molecular complexity index is 350. The van der Waals surface area contributed by atoms with Gasteiger partial charge < -0.3 is 5.11 Å². The molecule has 0 fully saturated rings. The van der Waals surface area contributed by atoms with Crippen LogP contribution in [-0.4, -0.2) is 16.1 Å². The molecule has 0 unspecified atom stereocenters. The molecule has 0 aliphatic heterocycles. The van der Waals surface area contributed by atoms with E-state index in [2.05, 4.69) is 4.98 Å². The van der Waals surface area contributed by atoms with Crippen LogP contribution in [-0.2, 0) is 6.42 Å². The third kappa shape index (κ3) is 1.98. The second-order valence-electron chi connectivity index (χ2n) is 2.75. The maximum absolute atomic E-state index is 10.6. The molecule has 3 nitrogen and oxygen atoms in total. The summed E-state index contributed by atoms with van der Waals surface area (Å²) in [7, 11) is 0. The highest BCUT2D eigenvalue weighted by atomic mass is 35.5. The van der Waals surface area contributed by atoms with Gasteiger partial charge in [0.1, 0.15) is 5.15 Å². The van der Waals surface area contributed by atoms with Crippen molar-refractivity contribution in [2.45, 2.75) is 20.3 Å². The number of nitrogens with zero attached hydrogens (tertiary/aromatic N) is 1. The molecule has 1 rings (SSSR count). The number of hydrogen-bond acceptors (Lipinski definition) is 2. The van der Waals surface area contributed by atoms with Gasteiger partial charge in [0.25, 0.3) is 0 Å². The zero-order chi connectivity index (χ0) is 10.0. The highest BCUT2D eigenvalue weighted by molar-refractivity contribution is 6.32. The molecule has 1 aromatic heterocycles. The Morgan fingerprint density at radius 3 is 2.77 bits per heavy atom. The molecule has 0 radical (unpaired) electrons. The number of pyridine rings is 1. The summed E-state index contributed by atoms with van der Waals surface area (Å²) < 4.78 is 0. The average Bonchev–Trinajstić information content (AvgIpc) is 2.07. The van der Waals surface area contributed by atoms with Crippen LogP contribution in [0.4, 0.5) is 0 Å². The van der Waals surface area contributed by atoms with Gasteiger partial charge in [0.15, 0.2) is 0 Å². The summed E-state index contributed by atoms with van der Waals surface area (Å²) in [5.41, 5.74) is 1.77. The highest BCUT2D eigenvalue weighted by Gasteiger charge is 2.12. The summed E-state index contributed by atoms with van der Waals surface area (Å²) in [6.07, 6.45) is 0.755. The molecule has 0 saturated carbocycles. The number of carboxylic acid groups (broad SMARTS) is 1. The minimum absolute atomic E-state index is 0.0648. The van der Waals surface area contributed by atoms with E-state index < -0.39 is 5.97 Å². The molecule has 0 bridgehead atoms. The molecule has 0 atom stereocenters. The molecule has 0 aliphatic rings. The topological polar surface area (TPSA) is 50.2 Å². The number of carboxylic acids is 1. The number of hydrogen-bond donors (Lipinski definition) is 1. The van der Waals surface area contributed by atoms with Crippen molar-refractivity contribution in [2.24, 2.45) is 0 Å². The van der Waals surface area contributed by atoms with Gasteiger partial charge in [0.05, 0.1) is 5.56 Å². The van der Waals surface area contributed by atoms with E-state index in [9.17, 15) is 4.79 Å². The lowest BCUT2D eigenvalue weighted by Crippen LogP contribution is -2.03. The monoisotopic (exact) mass is 199 g/mol. The Labute approximate surface area is 81.4 Å². The minimum Gasteiger partial charge on any atom is -0.478 e. The number of rotatable bonds is 2. The van der Waals surface area contributed by atoms with Crippen LogP contribution in [0.1, 0.15) is 28.5 Å². The van der Waals surface area contributed by atoms with Gasteiger partial charge in [-0.15, -0.1) is 0 Å². The smallest absolute Gasteiger partial charge is 0.338 e.